The van der Waals surface area contributed by atoms with Crippen molar-refractivity contribution >= 4 is 33.7 Å². The molecule has 1 aliphatic rings. The minimum absolute atomic E-state index is 0.0730. The zero-order valence-electron chi connectivity index (χ0n) is 8.78. The van der Waals surface area contributed by atoms with Crippen LogP contribution in [0.25, 0.3) is 0 Å². The van der Waals surface area contributed by atoms with Crippen molar-refractivity contribution in [1.82, 2.24) is 0 Å². The highest BCUT2D eigenvalue weighted by Gasteiger charge is 2.44. The van der Waals surface area contributed by atoms with Gasteiger partial charge in [-0.1, -0.05) is 15.9 Å². The molecule has 1 aliphatic carbocycles. The van der Waals surface area contributed by atoms with E-state index >= 15 is 0 Å². The zero-order chi connectivity index (χ0) is 11.6. The van der Waals surface area contributed by atoms with Crippen molar-refractivity contribution in [2.45, 2.75) is 24.2 Å². The van der Waals surface area contributed by atoms with E-state index in [9.17, 15) is 4.79 Å². The Morgan fingerprint density at radius 3 is 2.50 bits per heavy atom. The van der Waals surface area contributed by atoms with E-state index in [1.165, 1.54) is 4.90 Å². The number of hydrogen-bond donors (Lipinski definition) is 1. The highest BCUT2D eigenvalue weighted by atomic mass is 79.9. The molecule has 0 unspecified atom stereocenters. The average Bonchev–Trinajstić information content (AvgIpc) is 2.97. The van der Waals surface area contributed by atoms with Gasteiger partial charge in [0, 0.05) is 15.1 Å². The summed E-state index contributed by atoms with van der Waals surface area (Å²) in [5, 5.41) is 8.81. The highest BCUT2D eigenvalue weighted by molar-refractivity contribution is 9.10. The molecule has 1 fully saturated rings. The first kappa shape index (κ1) is 12.0. The number of carboxylic acids is 1. The van der Waals surface area contributed by atoms with E-state index in [-0.39, 0.29) is 5.41 Å². The van der Waals surface area contributed by atoms with Crippen LogP contribution in [0.5, 0.6) is 0 Å². The van der Waals surface area contributed by atoms with Crippen LogP contribution in [0, 0.1) is 5.41 Å². The third-order valence-electron chi connectivity index (χ3n) is 2.84. The van der Waals surface area contributed by atoms with E-state index in [4.69, 9.17) is 5.11 Å². The van der Waals surface area contributed by atoms with E-state index in [0.29, 0.717) is 6.42 Å². The number of halogens is 1. The van der Waals surface area contributed by atoms with Crippen LogP contribution in [0.1, 0.15) is 19.3 Å². The van der Waals surface area contributed by atoms with Crippen molar-refractivity contribution in [3.8, 4) is 0 Å². The Bertz CT molecular complexity index is 385. The summed E-state index contributed by atoms with van der Waals surface area (Å²) in [7, 11) is 0. The zero-order valence-corrected chi connectivity index (χ0v) is 11.2. The minimum Gasteiger partial charge on any atom is -0.481 e. The van der Waals surface area contributed by atoms with E-state index < -0.39 is 5.97 Å². The molecule has 1 N–H and O–H groups in total. The van der Waals surface area contributed by atoms with Gasteiger partial charge in [0.2, 0.25) is 0 Å². The molecule has 1 saturated carbocycles. The lowest BCUT2D eigenvalue weighted by Crippen LogP contribution is -2.10. The van der Waals surface area contributed by atoms with Gasteiger partial charge in [-0.05, 0) is 42.5 Å². The van der Waals surface area contributed by atoms with E-state index in [2.05, 4.69) is 28.1 Å². The van der Waals surface area contributed by atoms with Crippen molar-refractivity contribution in [2.24, 2.45) is 5.41 Å². The lowest BCUT2D eigenvalue weighted by atomic mass is 10.1. The molecule has 0 aromatic heterocycles. The van der Waals surface area contributed by atoms with Crippen molar-refractivity contribution in [1.29, 1.82) is 0 Å². The number of thioether (sulfide) groups is 1. The Kier molecular flexibility index (Phi) is 3.60. The topological polar surface area (TPSA) is 37.3 Å². The quantitative estimate of drug-likeness (QED) is 0.841. The lowest BCUT2D eigenvalue weighted by molar-refractivity contribution is -0.138. The van der Waals surface area contributed by atoms with Crippen LogP contribution in [-0.4, -0.2) is 16.8 Å². The molecule has 0 bridgehead atoms. The van der Waals surface area contributed by atoms with Gasteiger partial charge in [0.25, 0.3) is 0 Å². The molecule has 0 saturated heterocycles. The third-order valence-corrected chi connectivity index (χ3v) is 4.73. The normalized spacial score (nSPS) is 17.1. The molecule has 1 aromatic rings. The van der Waals surface area contributed by atoms with Gasteiger partial charge >= 0.3 is 5.97 Å². The lowest BCUT2D eigenvalue weighted by Gasteiger charge is -2.11. The number of carboxylic acid groups (broad SMARTS) is 1. The van der Waals surface area contributed by atoms with Crippen LogP contribution < -0.4 is 0 Å². The summed E-state index contributed by atoms with van der Waals surface area (Å²) in [6, 6.07) is 8.15. The summed E-state index contributed by atoms with van der Waals surface area (Å²) < 4.78 is 1.07. The summed E-state index contributed by atoms with van der Waals surface area (Å²) in [4.78, 5) is 11.9. The summed E-state index contributed by atoms with van der Waals surface area (Å²) in [5.41, 5.74) is 0.0730. The third kappa shape index (κ3) is 3.25. The van der Waals surface area contributed by atoms with Crippen molar-refractivity contribution in [3.63, 3.8) is 0 Å². The Hall–Kier alpha value is -0.480. The Morgan fingerprint density at radius 2 is 2.00 bits per heavy atom. The number of hydrogen-bond acceptors (Lipinski definition) is 2. The first-order valence-electron chi connectivity index (χ1n) is 5.20. The Morgan fingerprint density at radius 1 is 1.38 bits per heavy atom. The first-order chi connectivity index (χ1) is 7.60. The van der Waals surface area contributed by atoms with Gasteiger partial charge in [-0.15, -0.1) is 11.8 Å². The summed E-state index contributed by atoms with van der Waals surface area (Å²) in [6.45, 7) is 0. The molecule has 0 amide bonds. The maximum atomic E-state index is 10.7. The van der Waals surface area contributed by atoms with Crippen LogP contribution in [0.3, 0.4) is 0 Å². The maximum absolute atomic E-state index is 10.7. The second-order valence-corrected chi connectivity index (χ2v) is 6.28. The van der Waals surface area contributed by atoms with Gasteiger partial charge in [0.1, 0.15) is 0 Å². The van der Waals surface area contributed by atoms with Crippen LogP contribution in [0.15, 0.2) is 33.6 Å². The molecular weight excluding hydrogens is 288 g/mol. The second kappa shape index (κ2) is 4.80. The van der Waals surface area contributed by atoms with Gasteiger partial charge in [-0.3, -0.25) is 4.79 Å². The number of benzene rings is 1. The predicted octanol–water partition coefficient (Wildman–Crippen LogP) is 3.80. The fraction of sp³-hybridized carbons (Fsp3) is 0.417. The van der Waals surface area contributed by atoms with E-state index in [1.807, 2.05) is 12.1 Å². The molecule has 16 heavy (non-hydrogen) atoms. The van der Waals surface area contributed by atoms with E-state index in [1.54, 1.807) is 11.8 Å². The van der Waals surface area contributed by atoms with Gasteiger partial charge in [-0.2, -0.15) is 0 Å². The van der Waals surface area contributed by atoms with Crippen LogP contribution >= 0.6 is 27.7 Å². The van der Waals surface area contributed by atoms with Gasteiger partial charge < -0.3 is 5.11 Å². The maximum Gasteiger partial charge on any atom is 0.303 e. The molecular formula is C12H13BrO2S. The Labute approximate surface area is 108 Å². The molecule has 2 rings (SSSR count). The first-order valence-corrected chi connectivity index (χ1v) is 6.98. The van der Waals surface area contributed by atoms with Gasteiger partial charge in [0.05, 0.1) is 6.42 Å². The molecule has 0 aliphatic heterocycles. The monoisotopic (exact) mass is 300 g/mol. The van der Waals surface area contributed by atoms with E-state index in [0.717, 1.165) is 23.1 Å². The van der Waals surface area contributed by atoms with Gasteiger partial charge in [-0.25, -0.2) is 0 Å². The summed E-state index contributed by atoms with van der Waals surface area (Å²) in [5.74, 6) is 0.245. The fourth-order valence-electron chi connectivity index (χ4n) is 1.64. The number of aliphatic carboxylic acids is 1. The highest BCUT2D eigenvalue weighted by Crippen LogP contribution is 2.51. The molecule has 0 radical (unpaired) electrons. The summed E-state index contributed by atoms with van der Waals surface area (Å²) in [6.07, 6.45) is 2.43. The largest absolute Gasteiger partial charge is 0.481 e. The molecule has 2 nitrogen and oxygen atoms in total. The molecule has 4 heteroatoms. The standard InChI is InChI=1S/C12H13BrO2S/c13-9-1-3-10(4-2-9)16-8-12(5-6-12)7-11(14)15/h1-4H,5-8H2,(H,14,15). The van der Waals surface area contributed by atoms with Crippen molar-refractivity contribution in [2.75, 3.05) is 5.75 Å². The van der Waals surface area contributed by atoms with Crippen LogP contribution in [0.4, 0.5) is 0 Å². The SMILES string of the molecule is O=C(O)CC1(CSc2ccc(Br)cc2)CC1. The minimum atomic E-state index is -0.672. The molecule has 0 spiro atoms. The average molecular weight is 301 g/mol. The molecule has 0 atom stereocenters. The smallest absolute Gasteiger partial charge is 0.303 e. The number of carbonyl (C=O) groups is 1. The van der Waals surface area contributed by atoms with Gasteiger partial charge in [0.15, 0.2) is 0 Å². The predicted molar refractivity (Wildman–Crippen MR) is 68.8 cm³/mol. The van der Waals surface area contributed by atoms with Crippen molar-refractivity contribution < 1.29 is 9.90 Å². The second-order valence-electron chi connectivity index (χ2n) is 4.31. The molecule has 86 valence electrons. The Balaban J connectivity index is 1.87. The summed E-state index contributed by atoms with van der Waals surface area (Å²) >= 11 is 5.15. The fourth-order valence-corrected chi connectivity index (χ4v) is 3.09. The van der Waals surface area contributed by atoms with Crippen molar-refractivity contribution in [3.05, 3.63) is 28.7 Å². The molecule has 1 aromatic carbocycles. The van der Waals surface area contributed by atoms with Crippen LogP contribution in [-0.2, 0) is 4.79 Å². The van der Waals surface area contributed by atoms with Crippen LogP contribution in [0.2, 0.25) is 0 Å². The molecule has 0 heterocycles. The number of rotatable bonds is 5.